The van der Waals surface area contributed by atoms with E-state index in [1.807, 2.05) is 62.5 Å². The average molecular weight is 414 g/mol. The van der Waals surface area contributed by atoms with Crippen LogP contribution in [0.4, 0.5) is 5.82 Å². The zero-order valence-corrected chi connectivity index (χ0v) is 16.5. The molecule has 1 amide bonds. The van der Waals surface area contributed by atoms with E-state index >= 15 is 0 Å². The number of nitrogens with zero attached hydrogens (tertiary/aromatic N) is 2. The fraction of sp³-hybridized carbons (Fsp3) is 0.200. The highest BCUT2D eigenvalue weighted by Crippen LogP contribution is 2.32. The van der Waals surface area contributed by atoms with Crippen molar-refractivity contribution in [1.82, 2.24) is 9.78 Å². The number of aryl methyl sites for hydroxylation is 2. The third-order valence-electron chi connectivity index (χ3n) is 4.16. The Hall–Kier alpha value is -2.60. The lowest BCUT2D eigenvalue weighted by atomic mass is 10.1. The van der Waals surface area contributed by atoms with Crippen molar-refractivity contribution in [2.75, 3.05) is 12.4 Å². The van der Waals surface area contributed by atoms with Crippen molar-refractivity contribution >= 4 is 27.7 Å². The monoisotopic (exact) mass is 413 g/mol. The summed E-state index contributed by atoms with van der Waals surface area (Å²) in [4.78, 5) is 12.6. The molecule has 0 fully saturated rings. The number of ether oxygens (including phenoxy) is 1. The van der Waals surface area contributed by atoms with Gasteiger partial charge in [0.1, 0.15) is 11.6 Å². The summed E-state index contributed by atoms with van der Waals surface area (Å²) < 4.78 is 8.03. The van der Waals surface area contributed by atoms with Gasteiger partial charge in [-0.2, -0.15) is 5.10 Å². The molecule has 0 saturated carbocycles. The van der Waals surface area contributed by atoms with Crippen LogP contribution in [-0.4, -0.2) is 22.8 Å². The average Bonchev–Trinajstić information content (AvgIpc) is 2.89. The van der Waals surface area contributed by atoms with E-state index in [2.05, 4.69) is 26.3 Å². The third kappa shape index (κ3) is 3.80. The first-order valence-electron chi connectivity index (χ1n) is 8.21. The lowest BCUT2D eigenvalue weighted by Crippen LogP contribution is -2.17. The molecule has 1 aromatic heterocycles. The summed E-state index contributed by atoms with van der Waals surface area (Å²) in [5.74, 6) is 1.28. The Morgan fingerprint density at radius 3 is 2.58 bits per heavy atom. The van der Waals surface area contributed by atoms with Crippen LogP contribution in [0.25, 0.3) is 11.1 Å². The van der Waals surface area contributed by atoms with E-state index in [0.717, 1.165) is 26.9 Å². The minimum atomic E-state index is -0.115. The molecule has 1 N–H and O–H groups in total. The number of methoxy groups -OCH3 is 1. The van der Waals surface area contributed by atoms with Gasteiger partial charge in [-0.05, 0) is 30.7 Å². The maximum Gasteiger partial charge on any atom is 0.230 e. The number of nitrogens with one attached hydrogen (secondary N) is 1. The molecule has 0 bridgehead atoms. The molecule has 0 saturated heterocycles. The van der Waals surface area contributed by atoms with Gasteiger partial charge < -0.3 is 10.1 Å². The largest absolute Gasteiger partial charge is 0.496 e. The number of carbonyl (C=O) groups is 1. The number of benzene rings is 2. The number of rotatable bonds is 5. The molecular weight excluding hydrogens is 394 g/mol. The molecular formula is C20H20BrN3O2. The molecule has 0 atom stereocenters. The van der Waals surface area contributed by atoms with Gasteiger partial charge in [0.15, 0.2) is 0 Å². The highest BCUT2D eigenvalue weighted by molar-refractivity contribution is 9.10. The minimum absolute atomic E-state index is 0.115. The molecule has 3 aromatic rings. The molecule has 3 rings (SSSR count). The van der Waals surface area contributed by atoms with Gasteiger partial charge in [-0.15, -0.1) is 0 Å². The van der Waals surface area contributed by atoms with Gasteiger partial charge in [-0.3, -0.25) is 9.48 Å². The van der Waals surface area contributed by atoms with Gasteiger partial charge >= 0.3 is 0 Å². The quantitative estimate of drug-likeness (QED) is 0.676. The second-order valence-electron chi connectivity index (χ2n) is 5.98. The standard InChI is InChI=1S/C20H20BrN3O2/c1-13-19(14-8-10-16(21)11-9-14)20(24(2)23-13)22-18(25)12-15-6-4-5-7-17(15)26-3/h4-11H,12H2,1-3H3,(H,22,25). The number of carbonyl (C=O) groups excluding carboxylic acids is 1. The summed E-state index contributed by atoms with van der Waals surface area (Å²) >= 11 is 3.45. The Morgan fingerprint density at radius 1 is 1.19 bits per heavy atom. The molecule has 26 heavy (non-hydrogen) atoms. The van der Waals surface area contributed by atoms with Crippen molar-refractivity contribution < 1.29 is 9.53 Å². The van der Waals surface area contributed by atoms with Crippen LogP contribution in [0.3, 0.4) is 0 Å². The number of hydrogen-bond acceptors (Lipinski definition) is 3. The smallest absolute Gasteiger partial charge is 0.230 e. The van der Waals surface area contributed by atoms with Crippen LogP contribution < -0.4 is 10.1 Å². The highest BCUT2D eigenvalue weighted by Gasteiger charge is 2.18. The van der Waals surface area contributed by atoms with E-state index in [1.165, 1.54) is 0 Å². The fourth-order valence-electron chi connectivity index (χ4n) is 2.96. The van der Waals surface area contributed by atoms with E-state index in [4.69, 9.17) is 4.74 Å². The minimum Gasteiger partial charge on any atom is -0.496 e. The Morgan fingerprint density at radius 2 is 1.88 bits per heavy atom. The predicted octanol–water partition coefficient (Wildman–Crippen LogP) is 4.35. The number of anilines is 1. The Labute approximate surface area is 161 Å². The van der Waals surface area contributed by atoms with Crippen LogP contribution >= 0.6 is 15.9 Å². The second kappa shape index (κ2) is 7.74. The number of aromatic nitrogens is 2. The van der Waals surface area contributed by atoms with Gasteiger partial charge in [-0.25, -0.2) is 0 Å². The van der Waals surface area contributed by atoms with Gasteiger partial charge in [0, 0.05) is 22.6 Å². The Bertz CT molecular complexity index is 933. The SMILES string of the molecule is COc1ccccc1CC(=O)Nc1c(-c2ccc(Br)cc2)c(C)nn1C. The van der Waals surface area contributed by atoms with Crippen molar-refractivity contribution in [3.05, 3.63) is 64.3 Å². The van der Waals surface area contributed by atoms with Crippen LogP contribution in [0, 0.1) is 6.92 Å². The summed E-state index contributed by atoms with van der Waals surface area (Å²) in [6, 6.07) is 15.5. The van der Waals surface area contributed by atoms with Crippen molar-refractivity contribution in [1.29, 1.82) is 0 Å². The van der Waals surface area contributed by atoms with Crippen LogP contribution in [0.2, 0.25) is 0 Å². The third-order valence-corrected chi connectivity index (χ3v) is 4.69. The van der Waals surface area contributed by atoms with E-state index in [-0.39, 0.29) is 12.3 Å². The highest BCUT2D eigenvalue weighted by atomic mass is 79.9. The molecule has 0 aliphatic rings. The van der Waals surface area contributed by atoms with Crippen molar-refractivity contribution in [2.45, 2.75) is 13.3 Å². The number of amides is 1. The van der Waals surface area contributed by atoms with Crippen LogP contribution in [0.15, 0.2) is 53.0 Å². The normalized spacial score (nSPS) is 10.6. The molecule has 0 radical (unpaired) electrons. The predicted molar refractivity (Wildman–Crippen MR) is 106 cm³/mol. The summed E-state index contributed by atoms with van der Waals surface area (Å²) in [7, 11) is 3.43. The lowest BCUT2D eigenvalue weighted by molar-refractivity contribution is -0.115. The molecule has 1 heterocycles. The zero-order chi connectivity index (χ0) is 18.7. The Balaban J connectivity index is 1.88. The van der Waals surface area contributed by atoms with E-state index in [9.17, 15) is 4.79 Å². The first-order chi connectivity index (χ1) is 12.5. The van der Waals surface area contributed by atoms with E-state index < -0.39 is 0 Å². The molecule has 6 heteroatoms. The topological polar surface area (TPSA) is 56.1 Å². The molecule has 5 nitrogen and oxygen atoms in total. The first-order valence-corrected chi connectivity index (χ1v) is 9.00. The molecule has 0 aliphatic carbocycles. The maximum atomic E-state index is 12.6. The molecule has 0 spiro atoms. The number of para-hydroxylation sites is 1. The maximum absolute atomic E-state index is 12.6. The number of hydrogen-bond donors (Lipinski definition) is 1. The van der Waals surface area contributed by atoms with E-state index in [1.54, 1.807) is 11.8 Å². The van der Waals surface area contributed by atoms with Crippen molar-refractivity contribution in [3.63, 3.8) is 0 Å². The molecule has 134 valence electrons. The van der Waals surface area contributed by atoms with Crippen molar-refractivity contribution in [2.24, 2.45) is 7.05 Å². The molecule has 0 unspecified atom stereocenters. The molecule has 2 aromatic carbocycles. The van der Waals surface area contributed by atoms with Crippen LogP contribution in [0.1, 0.15) is 11.3 Å². The summed E-state index contributed by atoms with van der Waals surface area (Å²) in [5, 5.41) is 7.48. The van der Waals surface area contributed by atoms with E-state index in [0.29, 0.717) is 11.6 Å². The summed E-state index contributed by atoms with van der Waals surface area (Å²) in [6.45, 7) is 1.94. The van der Waals surface area contributed by atoms with Gasteiger partial charge in [0.25, 0.3) is 0 Å². The van der Waals surface area contributed by atoms with Gasteiger partial charge in [0.05, 0.1) is 19.2 Å². The van der Waals surface area contributed by atoms with Gasteiger partial charge in [0.2, 0.25) is 5.91 Å². The van der Waals surface area contributed by atoms with Crippen LogP contribution in [-0.2, 0) is 18.3 Å². The zero-order valence-electron chi connectivity index (χ0n) is 14.9. The lowest BCUT2D eigenvalue weighted by Gasteiger charge is -2.11. The van der Waals surface area contributed by atoms with Crippen LogP contribution in [0.5, 0.6) is 5.75 Å². The molecule has 0 aliphatic heterocycles. The number of halogens is 1. The van der Waals surface area contributed by atoms with Gasteiger partial charge in [-0.1, -0.05) is 46.3 Å². The first kappa shape index (κ1) is 18.2. The summed E-state index contributed by atoms with van der Waals surface area (Å²) in [6.07, 6.45) is 0.230. The Kier molecular flexibility index (Phi) is 5.42. The second-order valence-corrected chi connectivity index (χ2v) is 6.89. The van der Waals surface area contributed by atoms with Crippen molar-refractivity contribution in [3.8, 4) is 16.9 Å². The summed E-state index contributed by atoms with van der Waals surface area (Å²) in [5.41, 5.74) is 3.64. The fourth-order valence-corrected chi connectivity index (χ4v) is 3.23.